The van der Waals surface area contributed by atoms with Crippen LogP contribution in [0, 0.1) is 0 Å². The molecule has 0 aliphatic carbocycles. The molecular weight excluding hydrogens is 359 g/mol. The lowest BCUT2D eigenvalue weighted by Crippen LogP contribution is -2.32. The van der Waals surface area contributed by atoms with Gasteiger partial charge in [0.05, 0.1) is 34.8 Å². The van der Waals surface area contributed by atoms with E-state index in [9.17, 15) is 4.79 Å². The summed E-state index contributed by atoms with van der Waals surface area (Å²) >= 11 is 12.1. The number of halogens is 2. The van der Waals surface area contributed by atoms with Crippen LogP contribution >= 0.6 is 23.2 Å². The van der Waals surface area contributed by atoms with E-state index in [1.54, 1.807) is 23.2 Å². The van der Waals surface area contributed by atoms with Crippen LogP contribution in [0.1, 0.15) is 30.5 Å². The Labute approximate surface area is 157 Å². The molecule has 0 N–H and O–H groups in total. The lowest BCUT2D eigenvalue weighted by Gasteiger charge is -2.24. The zero-order valence-electron chi connectivity index (χ0n) is 13.8. The van der Waals surface area contributed by atoms with Crippen molar-refractivity contribution in [3.8, 4) is 0 Å². The topological polar surface area (TPSA) is 42.4 Å². The van der Waals surface area contributed by atoms with Crippen molar-refractivity contribution in [3.05, 3.63) is 63.9 Å². The fourth-order valence-corrected chi connectivity index (χ4v) is 3.23. The van der Waals surface area contributed by atoms with Crippen LogP contribution < -0.4 is 0 Å². The fourth-order valence-electron chi connectivity index (χ4n) is 2.91. The monoisotopic (exact) mass is 378 g/mol. The quantitative estimate of drug-likeness (QED) is 0.743. The van der Waals surface area contributed by atoms with Gasteiger partial charge in [-0.3, -0.25) is 9.78 Å². The second kappa shape index (κ2) is 8.65. The van der Waals surface area contributed by atoms with E-state index in [4.69, 9.17) is 27.9 Å². The molecule has 2 heterocycles. The highest BCUT2D eigenvalue weighted by Gasteiger charge is 2.23. The van der Waals surface area contributed by atoms with Crippen molar-refractivity contribution < 1.29 is 9.53 Å². The summed E-state index contributed by atoms with van der Waals surface area (Å²) in [5.74, 6) is 0.0589. The van der Waals surface area contributed by atoms with Gasteiger partial charge in [-0.25, -0.2) is 0 Å². The van der Waals surface area contributed by atoms with E-state index < -0.39 is 0 Å². The summed E-state index contributed by atoms with van der Waals surface area (Å²) in [4.78, 5) is 18.9. The maximum absolute atomic E-state index is 12.8. The van der Waals surface area contributed by atoms with Crippen molar-refractivity contribution in [2.45, 2.75) is 38.5 Å². The minimum absolute atomic E-state index is 0.0209. The van der Waals surface area contributed by atoms with Crippen LogP contribution in [0.25, 0.3) is 0 Å². The molecule has 1 amide bonds. The molecule has 0 saturated carbocycles. The summed E-state index contributed by atoms with van der Waals surface area (Å²) < 4.78 is 5.61. The summed E-state index contributed by atoms with van der Waals surface area (Å²) in [5.41, 5.74) is 1.79. The standard InChI is InChI=1S/C19H20Cl2N2O2/c20-17-7-6-14(10-18(17)21)12-23(13-15-4-1-2-8-22-15)19(24)11-16-5-3-9-25-16/h1-2,4,6-8,10,16H,3,5,9,11-13H2. The average Bonchev–Trinajstić information content (AvgIpc) is 3.11. The maximum atomic E-state index is 12.8. The van der Waals surface area contributed by atoms with E-state index in [1.807, 2.05) is 24.3 Å². The van der Waals surface area contributed by atoms with Gasteiger partial charge in [-0.05, 0) is 42.7 Å². The van der Waals surface area contributed by atoms with Crippen molar-refractivity contribution in [1.29, 1.82) is 0 Å². The molecule has 0 bridgehead atoms. The lowest BCUT2D eigenvalue weighted by molar-refractivity contribution is -0.134. The van der Waals surface area contributed by atoms with Crippen molar-refractivity contribution in [3.63, 3.8) is 0 Å². The lowest BCUT2D eigenvalue weighted by atomic mass is 10.1. The summed E-state index contributed by atoms with van der Waals surface area (Å²) in [6.07, 6.45) is 4.11. The van der Waals surface area contributed by atoms with Crippen molar-refractivity contribution in [2.24, 2.45) is 0 Å². The smallest absolute Gasteiger partial charge is 0.225 e. The Balaban J connectivity index is 1.74. The van der Waals surface area contributed by atoms with Gasteiger partial charge in [0.2, 0.25) is 5.91 Å². The van der Waals surface area contributed by atoms with E-state index in [-0.39, 0.29) is 12.0 Å². The number of amides is 1. The first-order valence-corrected chi connectivity index (χ1v) is 9.10. The zero-order valence-corrected chi connectivity index (χ0v) is 15.3. The van der Waals surface area contributed by atoms with Gasteiger partial charge in [-0.2, -0.15) is 0 Å². The highest BCUT2D eigenvalue weighted by molar-refractivity contribution is 6.42. The van der Waals surface area contributed by atoms with Gasteiger partial charge >= 0.3 is 0 Å². The minimum Gasteiger partial charge on any atom is -0.378 e. The van der Waals surface area contributed by atoms with E-state index in [0.29, 0.717) is 29.6 Å². The molecule has 25 heavy (non-hydrogen) atoms. The van der Waals surface area contributed by atoms with Gasteiger partial charge in [0.1, 0.15) is 0 Å². The Kier molecular flexibility index (Phi) is 6.29. The molecule has 1 atom stereocenters. The Morgan fingerprint density at radius 1 is 1.20 bits per heavy atom. The van der Waals surface area contributed by atoms with Crippen LogP contribution in [0.3, 0.4) is 0 Å². The van der Waals surface area contributed by atoms with Crippen molar-refractivity contribution in [1.82, 2.24) is 9.88 Å². The van der Waals surface area contributed by atoms with Gasteiger partial charge in [0, 0.05) is 19.3 Å². The first kappa shape index (κ1) is 18.2. The second-order valence-electron chi connectivity index (χ2n) is 6.16. The van der Waals surface area contributed by atoms with Crippen LogP contribution in [0.15, 0.2) is 42.6 Å². The molecule has 1 saturated heterocycles. The van der Waals surface area contributed by atoms with Gasteiger partial charge in [0.15, 0.2) is 0 Å². The number of aromatic nitrogens is 1. The molecule has 2 aromatic rings. The second-order valence-corrected chi connectivity index (χ2v) is 6.97. The maximum Gasteiger partial charge on any atom is 0.225 e. The summed E-state index contributed by atoms with van der Waals surface area (Å²) in [5, 5.41) is 0.996. The molecule has 1 aromatic heterocycles. The molecule has 1 aliphatic rings. The molecule has 0 radical (unpaired) electrons. The highest BCUT2D eigenvalue weighted by Crippen LogP contribution is 2.24. The van der Waals surface area contributed by atoms with Gasteiger partial charge < -0.3 is 9.64 Å². The van der Waals surface area contributed by atoms with Crippen LogP contribution in [0.4, 0.5) is 0 Å². The summed E-state index contributed by atoms with van der Waals surface area (Å²) in [6, 6.07) is 11.1. The number of nitrogens with zero attached hydrogens (tertiary/aromatic N) is 2. The number of ether oxygens (including phenoxy) is 1. The van der Waals surface area contributed by atoms with E-state index in [0.717, 1.165) is 30.7 Å². The third kappa shape index (κ3) is 5.18. The van der Waals surface area contributed by atoms with Gasteiger partial charge in [0.25, 0.3) is 0 Å². The van der Waals surface area contributed by atoms with E-state index in [1.165, 1.54) is 0 Å². The largest absolute Gasteiger partial charge is 0.378 e. The van der Waals surface area contributed by atoms with Crippen LogP contribution in [-0.4, -0.2) is 28.5 Å². The number of carbonyl (C=O) groups is 1. The average molecular weight is 379 g/mol. The van der Waals surface area contributed by atoms with Crippen molar-refractivity contribution in [2.75, 3.05) is 6.61 Å². The van der Waals surface area contributed by atoms with E-state index in [2.05, 4.69) is 4.98 Å². The van der Waals surface area contributed by atoms with E-state index >= 15 is 0 Å². The molecular formula is C19H20Cl2N2O2. The Morgan fingerprint density at radius 3 is 2.76 bits per heavy atom. The fraction of sp³-hybridized carbons (Fsp3) is 0.368. The third-order valence-electron chi connectivity index (χ3n) is 4.22. The number of pyridine rings is 1. The number of carbonyl (C=O) groups excluding carboxylic acids is 1. The predicted octanol–water partition coefficient (Wildman–Crippen LogP) is 4.49. The molecule has 1 aromatic carbocycles. The minimum atomic E-state index is 0.0209. The molecule has 1 unspecified atom stereocenters. The molecule has 3 rings (SSSR count). The molecule has 132 valence electrons. The molecule has 1 fully saturated rings. The van der Waals surface area contributed by atoms with Crippen molar-refractivity contribution >= 4 is 29.1 Å². The number of hydrogen-bond donors (Lipinski definition) is 0. The molecule has 0 spiro atoms. The van der Waals surface area contributed by atoms with Crippen LogP contribution in [0.5, 0.6) is 0 Å². The molecule has 6 heteroatoms. The number of benzene rings is 1. The highest BCUT2D eigenvalue weighted by atomic mass is 35.5. The summed E-state index contributed by atoms with van der Waals surface area (Å²) in [6.45, 7) is 1.65. The first-order chi connectivity index (χ1) is 12.1. The Morgan fingerprint density at radius 2 is 2.08 bits per heavy atom. The van der Waals surface area contributed by atoms with Gasteiger partial charge in [-0.15, -0.1) is 0 Å². The Hall–Kier alpha value is -1.62. The van der Waals surface area contributed by atoms with Gasteiger partial charge in [-0.1, -0.05) is 35.3 Å². The number of hydrogen-bond acceptors (Lipinski definition) is 3. The molecule has 4 nitrogen and oxygen atoms in total. The first-order valence-electron chi connectivity index (χ1n) is 8.35. The zero-order chi connectivity index (χ0) is 17.6. The third-order valence-corrected chi connectivity index (χ3v) is 4.95. The Bertz CT molecular complexity index is 719. The predicted molar refractivity (Wildman–Crippen MR) is 98.5 cm³/mol. The normalized spacial score (nSPS) is 16.8. The summed E-state index contributed by atoms with van der Waals surface area (Å²) in [7, 11) is 0. The molecule has 1 aliphatic heterocycles. The number of rotatable bonds is 6. The SMILES string of the molecule is O=C(CC1CCCO1)N(Cc1ccc(Cl)c(Cl)c1)Cc1ccccn1. The van der Waals surface area contributed by atoms with Crippen LogP contribution in [0.2, 0.25) is 10.0 Å². The van der Waals surface area contributed by atoms with Crippen LogP contribution in [-0.2, 0) is 22.6 Å².